The quantitative estimate of drug-likeness (QED) is 0.295. The fourth-order valence-corrected chi connectivity index (χ4v) is 5.02. The van der Waals surface area contributed by atoms with Gasteiger partial charge >= 0.3 is 11.7 Å². The number of H-pyrrole nitrogens is 1. The molecule has 3 aromatic carbocycles. The Kier molecular flexibility index (Phi) is 7.63. The summed E-state index contributed by atoms with van der Waals surface area (Å²) in [5.41, 5.74) is -0.265. The summed E-state index contributed by atoms with van der Waals surface area (Å²) in [6, 6.07) is 15.6. The molecule has 1 aliphatic rings. The molecule has 0 radical (unpaired) electrons. The second-order valence-corrected chi connectivity index (χ2v) is 9.79. The Morgan fingerprint density at radius 1 is 1.10 bits per heavy atom. The lowest BCUT2D eigenvalue weighted by molar-refractivity contribution is -0.0123. The molecule has 0 saturated heterocycles. The summed E-state index contributed by atoms with van der Waals surface area (Å²) in [5.74, 6) is -0.327. The van der Waals surface area contributed by atoms with Crippen molar-refractivity contribution >= 4 is 29.2 Å². The molecule has 206 valence electrons. The van der Waals surface area contributed by atoms with Crippen molar-refractivity contribution in [3.63, 3.8) is 0 Å². The van der Waals surface area contributed by atoms with Gasteiger partial charge in [-0.15, -0.1) is 0 Å². The van der Waals surface area contributed by atoms with Crippen molar-refractivity contribution in [2.75, 3.05) is 13.7 Å². The third kappa shape index (κ3) is 5.45. The van der Waals surface area contributed by atoms with Crippen LogP contribution in [0, 0.1) is 0 Å². The fraction of sp³-hybridized carbons (Fsp3) is 0.185. The smallest absolute Gasteiger partial charge is 0.362 e. The van der Waals surface area contributed by atoms with Gasteiger partial charge in [0, 0.05) is 13.1 Å². The van der Waals surface area contributed by atoms with Crippen LogP contribution in [-0.4, -0.2) is 49.5 Å². The number of rotatable bonds is 7. The molecule has 1 atom stereocenters. The summed E-state index contributed by atoms with van der Waals surface area (Å²) >= 11 is 12.8. The van der Waals surface area contributed by atoms with Gasteiger partial charge in [-0.2, -0.15) is 9.78 Å². The van der Waals surface area contributed by atoms with E-state index in [1.807, 2.05) is 34.1 Å². The average molecular weight is 585 g/mol. The highest BCUT2D eigenvalue weighted by Crippen LogP contribution is 2.39. The van der Waals surface area contributed by atoms with Crippen LogP contribution in [-0.2, 0) is 13.0 Å². The first-order valence-corrected chi connectivity index (χ1v) is 12.7. The molecule has 4 aromatic rings. The summed E-state index contributed by atoms with van der Waals surface area (Å²) in [6.45, 7) is 1.17. The Morgan fingerprint density at radius 3 is 2.55 bits per heavy atom. The van der Waals surface area contributed by atoms with Gasteiger partial charge in [0.15, 0.2) is 5.75 Å². The Labute approximate surface area is 236 Å². The lowest BCUT2D eigenvalue weighted by atomic mass is 9.97. The molecule has 0 bridgehead atoms. The zero-order valence-electron chi connectivity index (χ0n) is 20.9. The summed E-state index contributed by atoms with van der Waals surface area (Å²) in [5, 5.41) is 23.8. The zero-order chi connectivity index (χ0) is 28.6. The number of carbonyl (C=O) groups is 1. The third-order valence-electron chi connectivity index (χ3n) is 6.40. The molecule has 11 nitrogen and oxygen atoms in total. The van der Waals surface area contributed by atoms with Crippen molar-refractivity contribution in [2.45, 2.75) is 19.2 Å². The number of nitrogens with zero attached hydrogens (tertiary/aromatic N) is 3. The van der Waals surface area contributed by atoms with E-state index in [4.69, 9.17) is 37.8 Å². The van der Waals surface area contributed by atoms with E-state index in [-0.39, 0.29) is 21.5 Å². The topological polar surface area (TPSA) is 147 Å². The third-order valence-corrected chi connectivity index (χ3v) is 6.97. The number of halogens is 2. The lowest BCUT2D eigenvalue weighted by Gasteiger charge is -2.34. The normalized spacial score (nSPS) is 14.9. The number of benzene rings is 3. The summed E-state index contributed by atoms with van der Waals surface area (Å²) < 4.78 is 11.9. The molecule has 2 heterocycles. The first-order valence-electron chi connectivity index (χ1n) is 12.0. The molecule has 0 spiro atoms. The van der Waals surface area contributed by atoms with Gasteiger partial charge in [-0.25, -0.2) is 9.59 Å². The van der Waals surface area contributed by atoms with Crippen LogP contribution < -0.4 is 20.7 Å². The molecule has 0 amide bonds. The molecule has 0 aliphatic carbocycles. The zero-order valence-corrected chi connectivity index (χ0v) is 22.4. The predicted molar refractivity (Wildman–Crippen MR) is 146 cm³/mol. The number of aliphatic hydroxyl groups is 1. The highest BCUT2D eigenvalue weighted by Gasteiger charge is 2.26. The number of hydrogen-bond donors (Lipinski definition) is 3. The van der Waals surface area contributed by atoms with E-state index in [1.54, 1.807) is 25.3 Å². The molecular formula is C27H22Cl2N4O7. The van der Waals surface area contributed by atoms with Crippen LogP contribution in [0.4, 0.5) is 0 Å². The van der Waals surface area contributed by atoms with E-state index in [2.05, 4.69) is 5.10 Å². The van der Waals surface area contributed by atoms with Crippen molar-refractivity contribution in [2.24, 2.45) is 0 Å². The Morgan fingerprint density at radius 2 is 1.85 bits per heavy atom. The highest BCUT2D eigenvalue weighted by molar-refractivity contribution is 6.37. The van der Waals surface area contributed by atoms with Gasteiger partial charge in [-0.1, -0.05) is 41.4 Å². The Balaban J connectivity index is 1.37. The molecule has 1 unspecified atom stereocenters. The number of methoxy groups -OCH3 is 1. The summed E-state index contributed by atoms with van der Waals surface area (Å²) in [6.07, 6.45) is -0.144. The van der Waals surface area contributed by atoms with Crippen LogP contribution in [0.2, 0.25) is 10.0 Å². The number of aromatic nitrogens is 3. The van der Waals surface area contributed by atoms with Gasteiger partial charge in [-0.05, 0) is 59.5 Å². The molecule has 1 aliphatic heterocycles. The average Bonchev–Trinajstić information content (AvgIpc) is 2.92. The standard InChI is InChI=1S/C27H22Cl2N4O7/c1-39-17-4-2-3-14(9-17)13-32-8-7-15-10-18(5-6-19(15)25(32)35)40-23-20(28)11-16(12-21(23)29)33-27(38)30-24(34)22(31-33)26(36)37/h2-6,9-12,25,35H,7-8,13H2,1H3,(H,36,37)(H,30,34,38). The number of carboxylic acid groups (broad SMARTS) is 1. The van der Waals surface area contributed by atoms with Crippen LogP contribution >= 0.6 is 23.2 Å². The fourth-order valence-electron chi connectivity index (χ4n) is 4.47. The summed E-state index contributed by atoms with van der Waals surface area (Å²) in [7, 11) is 1.61. The second kappa shape index (κ2) is 11.1. The van der Waals surface area contributed by atoms with E-state index in [9.17, 15) is 19.5 Å². The van der Waals surface area contributed by atoms with E-state index < -0.39 is 29.1 Å². The monoisotopic (exact) mass is 584 g/mol. The van der Waals surface area contributed by atoms with Crippen molar-refractivity contribution in [1.29, 1.82) is 0 Å². The van der Waals surface area contributed by atoms with Gasteiger partial charge in [0.2, 0.25) is 5.69 Å². The minimum atomic E-state index is -1.60. The van der Waals surface area contributed by atoms with Crippen LogP contribution in [0.1, 0.15) is 33.4 Å². The molecule has 3 N–H and O–H groups in total. The molecule has 0 fully saturated rings. The van der Waals surface area contributed by atoms with E-state index in [0.29, 0.717) is 29.9 Å². The number of carboxylic acids is 1. The predicted octanol–water partition coefficient (Wildman–Crippen LogP) is 3.78. The number of nitrogens with one attached hydrogen (secondary N) is 1. The molecule has 40 heavy (non-hydrogen) atoms. The minimum absolute atomic E-state index is 0.0153. The number of aliphatic hydroxyl groups excluding tert-OH is 1. The minimum Gasteiger partial charge on any atom is -0.497 e. The van der Waals surface area contributed by atoms with E-state index in [0.717, 1.165) is 22.4 Å². The van der Waals surface area contributed by atoms with Gasteiger partial charge in [-0.3, -0.25) is 14.7 Å². The maximum atomic E-state index is 12.2. The molecular weight excluding hydrogens is 563 g/mol. The maximum Gasteiger partial charge on any atom is 0.362 e. The van der Waals surface area contributed by atoms with Gasteiger partial charge in [0.05, 0.1) is 22.8 Å². The SMILES string of the molecule is COc1cccc(CN2CCc3cc(Oc4c(Cl)cc(-n5nc(C(=O)O)c(=O)[nH]c5=O)cc4Cl)ccc3C2O)c1. The first-order chi connectivity index (χ1) is 19.1. The van der Waals surface area contributed by atoms with E-state index in [1.165, 1.54) is 12.1 Å². The van der Waals surface area contributed by atoms with Crippen molar-refractivity contribution in [3.8, 4) is 22.9 Å². The van der Waals surface area contributed by atoms with E-state index >= 15 is 0 Å². The van der Waals surface area contributed by atoms with Crippen molar-refractivity contribution < 1.29 is 24.5 Å². The molecule has 13 heteroatoms. The second-order valence-electron chi connectivity index (χ2n) is 8.97. The van der Waals surface area contributed by atoms with Crippen molar-refractivity contribution in [3.05, 3.63) is 108 Å². The number of ether oxygens (including phenoxy) is 2. The highest BCUT2D eigenvalue weighted by atomic mass is 35.5. The Bertz CT molecular complexity index is 1710. The number of fused-ring (bicyclic) bond motifs is 1. The van der Waals surface area contributed by atoms with Crippen LogP contribution in [0.5, 0.6) is 17.2 Å². The lowest BCUT2D eigenvalue weighted by Crippen LogP contribution is -2.35. The summed E-state index contributed by atoms with van der Waals surface area (Å²) in [4.78, 5) is 39.1. The van der Waals surface area contributed by atoms with Gasteiger partial charge < -0.3 is 19.7 Å². The maximum absolute atomic E-state index is 12.2. The number of aromatic amines is 1. The van der Waals surface area contributed by atoms with Crippen LogP contribution in [0.25, 0.3) is 5.69 Å². The van der Waals surface area contributed by atoms with Gasteiger partial charge in [0.25, 0.3) is 5.56 Å². The largest absolute Gasteiger partial charge is 0.497 e. The molecule has 5 rings (SSSR count). The molecule has 1 aromatic heterocycles. The van der Waals surface area contributed by atoms with Crippen LogP contribution in [0.15, 0.2) is 64.2 Å². The number of aromatic carboxylic acids is 1. The van der Waals surface area contributed by atoms with Crippen molar-refractivity contribution in [1.82, 2.24) is 19.7 Å². The van der Waals surface area contributed by atoms with Crippen LogP contribution in [0.3, 0.4) is 0 Å². The number of hydrogen-bond acceptors (Lipinski definition) is 8. The first kappa shape index (κ1) is 27.4. The van der Waals surface area contributed by atoms with Gasteiger partial charge in [0.1, 0.15) is 17.7 Å². The molecule has 0 saturated carbocycles. The Hall–Kier alpha value is -4.16.